The van der Waals surface area contributed by atoms with Crippen LogP contribution < -0.4 is 10.2 Å². The van der Waals surface area contributed by atoms with Crippen molar-refractivity contribution in [3.05, 3.63) is 64.0 Å². The van der Waals surface area contributed by atoms with E-state index in [1.54, 1.807) is 12.1 Å². The van der Waals surface area contributed by atoms with Gasteiger partial charge in [0.1, 0.15) is 11.6 Å². The van der Waals surface area contributed by atoms with Gasteiger partial charge < -0.3 is 15.0 Å². The van der Waals surface area contributed by atoms with Crippen molar-refractivity contribution in [2.75, 3.05) is 36.5 Å². The first-order valence-corrected chi connectivity index (χ1v) is 9.67. The van der Waals surface area contributed by atoms with Crippen LogP contribution in [0.3, 0.4) is 0 Å². The number of anilines is 3. The van der Waals surface area contributed by atoms with Gasteiger partial charge in [-0.2, -0.15) is 0 Å². The second-order valence-electron chi connectivity index (χ2n) is 7.05. The zero-order valence-corrected chi connectivity index (χ0v) is 16.8. The van der Waals surface area contributed by atoms with E-state index in [1.165, 1.54) is 12.1 Å². The standard InChI is InChI=1S/C21H22N6O3/c1-14-12-19(25-21(22-14)16-4-3-5-17(13-16)27(28)29)24-18-6-7-20(23-15(18)2)26-8-10-30-11-9-26/h3-7,12-13H,8-11H2,1-2H3,(H,22,24,25). The maximum atomic E-state index is 11.1. The molecule has 1 aliphatic rings. The number of hydrogen-bond acceptors (Lipinski definition) is 8. The zero-order chi connectivity index (χ0) is 21.1. The Morgan fingerprint density at radius 1 is 1.07 bits per heavy atom. The summed E-state index contributed by atoms with van der Waals surface area (Å²) in [4.78, 5) is 26.6. The number of rotatable bonds is 5. The van der Waals surface area contributed by atoms with Gasteiger partial charge in [0.2, 0.25) is 0 Å². The molecule has 9 heteroatoms. The number of nitro benzene ring substituents is 1. The molecule has 0 aliphatic carbocycles. The topological polar surface area (TPSA) is 106 Å². The maximum absolute atomic E-state index is 11.1. The number of pyridine rings is 1. The fourth-order valence-corrected chi connectivity index (χ4v) is 3.31. The fraction of sp³-hybridized carbons (Fsp3) is 0.286. The molecule has 2 aromatic heterocycles. The van der Waals surface area contributed by atoms with Gasteiger partial charge in [0.15, 0.2) is 5.82 Å². The highest BCUT2D eigenvalue weighted by molar-refractivity contribution is 5.65. The summed E-state index contributed by atoms with van der Waals surface area (Å²) in [5.74, 6) is 1.96. The van der Waals surface area contributed by atoms with Crippen LogP contribution >= 0.6 is 0 Å². The maximum Gasteiger partial charge on any atom is 0.270 e. The van der Waals surface area contributed by atoms with E-state index < -0.39 is 4.92 Å². The Bertz CT molecular complexity index is 1080. The van der Waals surface area contributed by atoms with Crippen LogP contribution in [0, 0.1) is 24.0 Å². The Balaban J connectivity index is 1.59. The van der Waals surface area contributed by atoms with Gasteiger partial charge in [0.25, 0.3) is 5.69 Å². The van der Waals surface area contributed by atoms with Gasteiger partial charge in [0, 0.05) is 42.5 Å². The summed E-state index contributed by atoms with van der Waals surface area (Å²) in [6.07, 6.45) is 0. The van der Waals surface area contributed by atoms with E-state index in [0.29, 0.717) is 30.4 Å². The molecule has 1 saturated heterocycles. The number of aryl methyl sites for hydroxylation is 2. The molecule has 0 bridgehead atoms. The molecule has 0 amide bonds. The number of nitrogens with zero attached hydrogens (tertiary/aromatic N) is 5. The summed E-state index contributed by atoms with van der Waals surface area (Å²) in [6.45, 7) is 6.89. The Labute approximate surface area is 173 Å². The van der Waals surface area contributed by atoms with Gasteiger partial charge in [0.05, 0.1) is 29.5 Å². The van der Waals surface area contributed by atoms with Gasteiger partial charge in [-0.3, -0.25) is 10.1 Å². The average molecular weight is 406 g/mol. The van der Waals surface area contributed by atoms with Crippen LogP contribution in [0.1, 0.15) is 11.4 Å². The monoisotopic (exact) mass is 406 g/mol. The quantitative estimate of drug-likeness (QED) is 0.506. The average Bonchev–Trinajstić information content (AvgIpc) is 2.75. The predicted molar refractivity (Wildman–Crippen MR) is 114 cm³/mol. The molecule has 4 rings (SSSR count). The van der Waals surface area contributed by atoms with Crippen molar-refractivity contribution in [3.63, 3.8) is 0 Å². The van der Waals surface area contributed by atoms with E-state index in [2.05, 4.69) is 20.2 Å². The SMILES string of the molecule is Cc1cc(Nc2ccc(N3CCOCC3)nc2C)nc(-c2cccc([N+](=O)[O-])c2)n1. The van der Waals surface area contributed by atoms with Gasteiger partial charge in [-0.05, 0) is 26.0 Å². The number of nitro groups is 1. The summed E-state index contributed by atoms with van der Waals surface area (Å²) >= 11 is 0. The number of morpholine rings is 1. The molecule has 1 aliphatic heterocycles. The Hall–Kier alpha value is -3.59. The van der Waals surface area contributed by atoms with Gasteiger partial charge in [-0.15, -0.1) is 0 Å². The normalized spacial score (nSPS) is 13.9. The second kappa shape index (κ2) is 8.42. The Morgan fingerprint density at radius 2 is 1.87 bits per heavy atom. The van der Waals surface area contributed by atoms with Crippen LogP contribution in [-0.4, -0.2) is 46.2 Å². The lowest BCUT2D eigenvalue weighted by Gasteiger charge is -2.28. The number of ether oxygens (including phenoxy) is 1. The Morgan fingerprint density at radius 3 is 2.60 bits per heavy atom. The third-order valence-electron chi connectivity index (χ3n) is 4.84. The second-order valence-corrected chi connectivity index (χ2v) is 7.05. The molecule has 3 aromatic rings. The molecule has 154 valence electrons. The molecular weight excluding hydrogens is 384 g/mol. The molecule has 0 atom stereocenters. The van der Waals surface area contributed by atoms with Crippen molar-refractivity contribution in [2.24, 2.45) is 0 Å². The lowest BCUT2D eigenvalue weighted by molar-refractivity contribution is -0.384. The first kappa shape index (κ1) is 19.7. The summed E-state index contributed by atoms with van der Waals surface area (Å²) in [6, 6.07) is 12.1. The van der Waals surface area contributed by atoms with E-state index in [9.17, 15) is 10.1 Å². The van der Waals surface area contributed by atoms with E-state index in [-0.39, 0.29) is 5.69 Å². The highest BCUT2D eigenvalue weighted by Gasteiger charge is 2.14. The van der Waals surface area contributed by atoms with E-state index >= 15 is 0 Å². The molecule has 3 heterocycles. The van der Waals surface area contributed by atoms with Crippen molar-refractivity contribution in [1.82, 2.24) is 15.0 Å². The lowest BCUT2D eigenvalue weighted by atomic mass is 10.2. The van der Waals surface area contributed by atoms with E-state index in [4.69, 9.17) is 9.72 Å². The predicted octanol–water partition coefficient (Wildman–Crippen LogP) is 3.64. The molecule has 9 nitrogen and oxygen atoms in total. The van der Waals surface area contributed by atoms with Crippen molar-refractivity contribution < 1.29 is 9.66 Å². The van der Waals surface area contributed by atoms with Crippen molar-refractivity contribution in [3.8, 4) is 11.4 Å². The Kier molecular flexibility index (Phi) is 5.53. The third kappa shape index (κ3) is 4.36. The number of benzene rings is 1. The molecule has 0 spiro atoms. The van der Waals surface area contributed by atoms with Gasteiger partial charge in [-0.1, -0.05) is 12.1 Å². The van der Waals surface area contributed by atoms with E-state index in [0.717, 1.165) is 36.0 Å². The molecule has 1 fully saturated rings. The van der Waals surface area contributed by atoms with Crippen molar-refractivity contribution >= 4 is 23.0 Å². The summed E-state index contributed by atoms with van der Waals surface area (Å²) < 4.78 is 5.40. The molecule has 0 unspecified atom stereocenters. The van der Waals surface area contributed by atoms with E-state index in [1.807, 2.05) is 32.0 Å². The number of hydrogen-bond donors (Lipinski definition) is 1. The number of nitrogens with one attached hydrogen (secondary N) is 1. The highest BCUT2D eigenvalue weighted by atomic mass is 16.6. The first-order valence-electron chi connectivity index (χ1n) is 9.67. The fourth-order valence-electron chi connectivity index (χ4n) is 3.31. The first-order chi connectivity index (χ1) is 14.5. The minimum atomic E-state index is -0.427. The summed E-state index contributed by atoms with van der Waals surface area (Å²) in [5.41, 5.74) is 3.05. The van der Waals surface area contributed by atoms with Crippen LogP contribution in [-0.2, 0) is 4.74 Å². The van der Waals surface area contributed by atoms with Crippen LogP contribution in [0.25, 0.3) is 11.4 Å². The number of aromatic nitrogens is 3. The molecule has 1 N–H and O–H groups in total. The van der Waals surface area contributed by atoms with Gasteiger partial charge in [-0.25, -0.2) is 15.0 Å². The molecule has 0 radical (unpaired) electrons. The zero-order valence-electron chi connectivity index (χ0n) is 16.8. The molecule has 1 aromatic carbocycles. The van der Waals surface area contributed by atoms with Crippen LogP contribution in [0.4, 0.5) is 23.0 Å². The molecule has 0 saturated carbocycles. The van der Waals surface area contributed by atoms with Crippen LogP contribution in [0.5, 0.6) is 0 Å². The summed E-state index contributed by atoms with van der Waals surface area (Å²) in [7, 11) is 0. The lowest BCUT2D eigenvalue weighted by Crippen LogP contribution is -2.36. The number of non-ortho nitro benzene ring substituents is 1. The van der Waals surface area contributed by atoms with Gasteiger partial charge >= 0.3 is 0 Å². The molecule has 30 heavy (non-hydrogen) atoms. The van der Waals surface area contributed by atoms with Crippen molar-refractivity contribution in [2.45, 2.75) is 13.8 Å². The summed E-state index contributed by atoms with van der Waals surface area (Å²) in [5, 5.41) is 14.4. The third-order valence-corrected chi connectivity index (χ3v) is 4.84. The van der Waals surface area contributed by atoms with Crippen molar-refractivity contribution in [1.29, 1.82) is 0 Å². The molecular formula is C21H22N6O3. The largest absolute Gasteiger partial charge is 0.378 e. The van der Waals surface area contributed by atoms with Crippen LogP contribution in [0.15, 0.2) is 42.5 Å². The smallest absolute Gasteiger partial charge is 0.270 e. The van der Waals surface area contributed by atoms with Crippen LogP contribution in [0.2, 0.25) is 0 Å². The minimum Gasteiger partial charge on any atom is -0.378 e. The minimum absolute atomic E-state index is 0.00543. The highest BCUT2D eigenvalue weighted by Crippen LogP contribution is 2.26.